The molecule has 1 saturated heterocycles. The highest BCUT2D eigenvalue weighted by atomic mass is 16.5. The Balaban J connectivity index is 1.96. The molecular weight excluding hydrogens is 404 g/mol. The van der Waals surface area contributed by atoms with Crippen molar-refractivity contribution < 1.29 is 14.6 Å². The minimum Gasteiger partial charge on any atom is -0.479 e. The van der Waals surface area contributed by atoms with Gasteiger partial charge in [0.15, 0.2) is 11.8 Å². The van der Waals surface area contributed by atoms with E-state index in [1.165, 1.54) is 12.8 Å². The summed E-state index contributed by atoms with van der Waals surface area (Å²) in [4.78, 5) is 19.4. The number of aliphatic carboxylic acids is 1. The Bertz CT molecular complexity index is 1090. The van der Waals surface area contributed by atoms with Crippen molar-refractivity contribution in [3.63, 3.8) is 0 Å². The van der Waals surface area contributed by atoms with Gasteiger partial charge >= 0.3 is 5.97 Å². The maximum Gasteiger partial charge on any atom is 0.337 e. The molecule has 1 aliphatic rings. The van der Waals surface area contributed by atoms with Gasteiger partial charge in [-0.3, -0.25) is 0 Å². The van der Waals surface area contributed by atoms with Crippen LogP contribution in [0.3, 0.4) is 0 Å². The van der Waals surface area contributed by atoms with E-state index in [0.29, 0.717) is 16.9 Å². The Morgan fingerprint density at radius 2 is 1.75 bits per heavy atom. The fraction of sp³-hybridized carbons (Fsp3) is 0.480. The lowest BCUT2D eigenvalue weighted by molar-refractivity contribution is -0.160. The van der Waals surface area contributed by atoms with Crippen molar-refractivity contribution in [1.29, 1.82) is 0 Å². The summed E-state index contributed by atoms with van der Waals surface area (Å²) in [6.07, 6.45) is 3.34. The standard InChI is InChI=1S/C25H32N4O3/c1-17-21(22(24(30)31)32-25(2,3)4)23(28-14-10-5-6-11-15-28)29-20(26-17)16-19(27-29)18-12-8-7-9-13-18/h7-9,12-13,16,22H,5-6,10-11,14-15H2,1-4H3,(H,30,31). The first kappa shape index (κ1) is 22.3. The second kappa shape index (κ2) is 8.90. The highest BCUT2D eigenvalue weighted by molar-refractivity contribution is 5.79. The molecule has 0 aliphatic carbocycles. The average Bonchev–Trinajstić information content (AvgIpc) is 2.97. The highest BCUT2D eigenvalue weighted by Gasteiger charge is 2.34. The van der Waals surface area contributed by atoms with E-state index in [4.69, 9.17) is 14.8 Å². The second-order valence-corrected chi connectivity index (χ2v) is 9.45. The minimum absolute atomic E-state index is 0.588. The molecule has 0 amide bonds. The maximum atomic E-state index is 12.4. The summed E-state index contributed by atoms with van der Waals surface area (Å²) in [5, 5.41) is 15.0. The molecule has 7 heteroatoms. The molecular formula is C25H32N4O3. The number of ether oxygens (including phenoxy) is 1. The molecule has 1 N–H and O–H groups in total. The molecule has 170 valence electrons. The zero-order chi connectivity index (χ0) is 22.9. The number of fused-ring (bicyclic) bond motifs is 1. The molecule has 3 heterocycles. The van der Waals surface area contributed by atoms with Gasteiger partial charge in [0.2, 0.25) is 0 Å². The van der Waals surface area contributed by atoms with Gasteiger partial charge in [-0.1, -0.05) is 43.2 Å². The van der Waals surface area contributed by atoms with Crippen LogP contribution >= 0.6 is 0 Å². The number of hydrogen-bond donors (Lipinski definition) is 1. The van der Waals surface area contributed by atoms with Crippen LogP contribution < -0.4 is 4.90 Å². The first-order valence-electron chi connectivity index (χ1n) is 11.4. The van der Waals surface area contributed by atoms with Gasteiger partial charge in [-0.05, 0) is 40.5 Å². The summed E-state index contributed by atoms with van der Waals surface area (Å²) in [7, 11) is 0. The van der Waals surface area contributed by atoms with Crippen LogP contribution in [0, 0.1) is 6.92 Å². The fourth-order valence-corrected chi connectivity index (χ4v) is 4.34. The van der Waals surface area contributed by atoms with Gasteiger partial charge < -0.3 is 14.7 Å². The topological polar surface area (TPSA) is 80.0 Å². The first-order valence-corrected chi connectivity index (χ1v) is 11.4. The molecule has 1 aromatic carbocycles. The number of carbonyl (C=O) groups is 1. The highest BCUT2D eigenvalue weighted by Crippen LogP contribution is 2.36. The van der Waals surface area contributed by atoms with Gasteiger partial charge in [0.1, 0.15) is 5.82 Å². The van der Waals surface area contributed by atoms with Crippen LogP contribution in [0.1, 0.15) is 63.8 Å². The zero-order valence-electron chi connectivity index (χ0n) is 19.3. The second-order valence-electron chi connectivity index (χ2n) is 9.45. The minimum atomic E-state index is -1.13. The monoisotopic (exact) mass is 436 g/mol. The SMILES string of the molecule is Cc1nc2cc(-c3ccccc3)nn2c(N2CCCCCC2)c1C(OC(C)(C)C)C(=O)O. The molecule has 7 nitrogen and oxygen atoms in total. The van der Waals surface area contributed by atoms with E-state index in [-0.39, 0.29) is 0 Å². The molecule has 1 fully saturated rings. The number of benzene rings is 1. The quantitative estimate of drug-likeness (QED) is 0.604. The first-order chi connectivity index (χ1) is 15.2. The van der Waals surface area contributed by atoms with Gasteiger partial charge in [0.05, 0.1) is 16.9 Å². The Morgan fingerprint density at radius 1 is 1.09 bits per heavy atom. The number of anilines is 1. The van der Waals surface area contributed by atoms with E-state index >= 15 is 0 Å². The number of carboxylic acid groups (broad SMARTS) is 1. The zero-order valence-corrected chi connectivity index (χ0v) is 19.3. The summed E-state index contributed by atoms with van der Waals surface area (Å²) in [5.41, 5.74) is 3.15. The number of hydrogen-bond acceptors (Lipinski definition) is 5. The van der Waals surface area contributed by atoms with Gasteiger partial charge in [0, 0.05) is 30.4 Å². The van der Waals surface area contributed by atoms with E-state index in [0.717, 1.165) is 43.0 Å². The van der Waals surface area contributed by atoms with Crippen LogP contribution in [-0.2, 0) is 9.53 Å². The molecule has 1 atom stereocenters. The largest absolute Gasteiger partial charge is 0.479 e. The predicted molar refractivity (Wildman–Crippen MR) is 125 cm³/mol. The number of rotatable bonds is 5. The molecule has 0 saturated carbocycles. The fourth-order valence-electron chi connectivity index (χ4n) is 4.34. The third kappa shape index (κ3) is 4.63. The van der Waals surface area contributed by atoms with Crippen LogP contribution in [0.25, 0.3) is 16.9 Å². The molecule has 0 spiro atoms. The molecule has 1 aliphatic heterocycles. The molecule has 1 unspecified atom stereocenters. The van der Waals surface area contributed by atoms with Gasteiger partial charge in [-0.25, -0.2) is 9.78 Å². The lowest BCUT2D eigenvalue weighted by Crippen LogP contribution is -2.33. The van der Waals surface area contributed by atoms with Crippen LogP contribution in [-0.4, -0.2) is 44.4 Å². The molecule has 0 bridgehead atoms. The average molecular weight is 437 g/mol. The molecule has 0 radical (unpaired) electrons. The third-order valence-corrected chi connectivity index (χ3v) is 5.74. The number of aryl methyl sites for hydroxylation is 1. The Kier molecular flexibility index (Phi) is 6.20. The van der Waals surface area contributed by atoms with Gasteiger partial charge in [-0.2, -0.15) is 9.61 Å². The Hall–Kier alpha value is -2.93. The molecule has 3 aromatic rings. The van der Waals surface area contributed by atoms with Crippen molar-refractivity contribution in [1.82, 2.24) is 14.6 Å². The van der Waals surface area contributed by atoms with E-state index in [1.54, 1.807) is 0 Å². The van der Waals surface area contributed by atoms with E-state index < -0.39 is 17.7 Å². The lowest BCUT2D eigenvalue weighted by atomic mass is 10.1. The predicted octanol–water partition coefficient (Wildman–Crippen LogP) is 5.03. The van der Waals surface area contributed by atoms with Crippen LogP contribution in [0.4, 0.5) is 5.82 Å². The van der Waals surface area contributed by atoms with Crippen LogP contribution in [0.5, 0.6) is 0 Å². The maximum absolute atomic E-state index is 12.4. The third-order valence-electron chi connectivity index (χ3n) is 5.74. The summed E-state index contributed by atoms with van der Waals surface area (Å²) in [6.45, 7) is 9.20. The van der Waals surface area contributed by atoms with Crippen molar-refractivity contribution in [2.75, 3.05) is 18.0 Å². The van der Waals surface area contributed by atoms with E-state index in [9.17, 15) is 9.90 Å². The lowest BCUT2D eigenvalue weighted by Gasteiger charge is -2.31. The smallest absolute Gasteiger partial charge is 0.337 e. The van der Waals surface area contributed by atoms with Gasteiger partial charge in [0.25, 0.3) is 0 Å². The Morgan fingerprint density at radius 3 is 2.34 bits per heavy atom. The summed E-state index contributed by atoms with van der Waals surface area (Å²) >= 11 is 0. The van der Waals surface area contributed by atoms with Crippen molar-refractivity contribution >= 4 is 17.4 Å². The van der Waals surface area contributed by atoms with Crippen LogP contribution in [0.15, 0.2) is 36.4 Å². The number of nitrogens with zero attached hydrogens (tertiary/aromatic N) is 4. The summed E-state index contributed by atoms with van der Waals surface area (Å²) in [5.74, 6) is -0.232. The number of carboxylic acids is 1. The van der Waals surface area contributed by atoms with Crippen molar-refractivity contribution in [3.05, 3.63) is 47.7 Å². The van der Waals surface area contributed by atoms with E-state index in [1.807, 2.05) is 68.6 Å². The van der Waals surface area contributed by atoms with Crippen molar-refractivity contribution in [2.45, 2.75) is 65.1 Å². The summed E-state index contributed by atoms with van der Waals surface area (Å²) in [6, 6.07) is 11.9. The normalized spacial score (nSPS) is 16.2. The van der Waals surface area contributed by atoms with E-state index in [2.05, 4.69) is 4.90 Å². The molecule has 4 rings (SSSR count). The molecule has 2 aromatic heterocycles. The van der Waals surface area contributed by atoms with Crippen LogP contribution in [0.2, 0.25) is 0 Å². The summed E-state index contributed by atoms with van der Waals surface area (Å²) < 4.78 is 7.88. The Labute approximate surface area is 189 Å². The van der Waals surface area contributed by atoms with Crippen molar-refractivity contribution in [2.24, 2.45) is 0 Å². The number of aromatic nitrogens is 3. The molecule has 32 heavy (non-hydrogen) atoms. The van der Waals surface area contributed by atoms with Gasteiger partial charge in [-0.15, -0.1) is 0 Å². The van der Waals surface area contributed by atoms with Crippen molar-refractivity contribution in [3.8, 4) is 11.3 Å².